The Morgan fingerprint density at radius 3 is 2.24 bits per heavy atom. The number of hydrogen-bond acceptors (Lipinski definition) is 3. The molecule has 0 saturated carbocycles. The average molecular weight is 299 g/mol. The Morgan fingerprint density at radius 2 is 1.71 bits per heavy atom. The van der Waals surface area contributed by atoms with E-state index >= 15 is 0 Å². The summed E-state index contributed by atoms with van der Waals surface area (Å²) >= 11 is 0. The molecule has 0 amide bonds. The lowest BCUT2D eigenvalue weighted by molar-refractivity contribution is -0.274. The highest BCUT2D eigenvalue weighted by molar-refractivity contribution is 5.45. The van der Waals surface area contributed by atoms with Crippen molar-refractivity contribution < 1.29 is 22.3 Å². The van der Waals surface area contributed by atoms with Crippen molar-refractivity contribution in [2.45, 2.75) is 33.2 Å². The molecule has 0 aliphatic heterocycles. The fourth-order valence-electron chi connectivity index (χ4n) is 2.38. The van der Waals surface area contributed by atoms with E-state index in [0.29, 0.717) is 17.1 Å². The molecule has 0 radical (unpaired) electrons. The van der Waals surface area contributed by atoms with Crippen molar-refractivity contribution in [1.82, 2.24) is 0 Å². The normalized spacial score (nSPS) is 13.3. The van der Waals surface area contributed by atoms with E-state index in [2.05, 4.69) is 4.74 Å². The highest BCUT2D eigenvalue weighted by Gasteiger charge is 2.33. The molecule has 0 aliphatic carbocycles. The summed E-state index contributed by atoms with van der Waals surface area (Å²) in [6.07, 6.45) is -4.76. The number of halogens is 3. The van der Waals surface area contributed by atoms with E-state index in [0.717, 1.165) is 5.56 Å². The van der Waals surface area contributed by atoms with E-state index < -0.39 is 12.4 Å². The minimum absolute atomic E-state index is 0.266. The van der Waals surface area contributed by atoms with E-state index in [-0.39, 0.29) is 11.3 Å². The van der Waals surface area contributed by atoms with E-state index in [1.807, 2.05) is 6.92 Å². The largest absolute Gasteiger partial charge is 0.573 e. The van der Waals surface area contributed by atoms with Crippen LogP contribution in [0.2, 0.25) is 0 Å². The number of para-hydroxylation sites is 1. The Balaban J connectivity index is 2.46. The Kier molecular flexibility index (Phi) is 4.00. The maximum atomic E-state index is 12.5. The first-order valence-electron chi connectivity index (χ1n) is 6.37. The zero-order valence-corrected chi connectivity index (χ0v) is 11.9. The maximum Gasteiger partial charge on any atom is 0.573 e. The molecule has 0 aliphatic rings. The number of rotatable bonds is 3. The fourth-order valence-corrected chi connectivity index (χ4v) is 2.38. The van der Waals surface area contributed by atoms with Gasteiger partial charge in [-0.1, -0.05) is 18.2 Å². The molecule has 1 atom stereocenters. The summed E-state index contributed by atoms with van der Waals surface area (Å²) in [5, 5.41) is 0. The van der Waals surface area contributed by atoms with Gasteiger partial charge in [-0.25, -0.2) is 0 Å². The summed E-state index contributed by atoms with van der Waals surface area (Å²) in [5.41, 5.74) is 7.93. The second kappa shape index (κ2) is 5.44. The smallest absolute Gasteiger partial charge is 0.466 e. The fraction of sp³-hybridized carbons (Fsp3) is 0.333. The number of benzene rings is 1. The van der Waals surface area contributed by atoms with Gasteiger partial charge >= 0.3 is 6.36 Å². The molecule has 1 aromatic carbocycles. The molecule has 6 heteroatoms. The first-order valence-corrected chi connectivity index (χ1v) is 6.37. The Bertz CT molecular complexity index is 647. The zero-order valence-electron chi connectivity index (χ0n) is 11.9. The van der Waals surface area contributed by atoms with Gasteiger partial charge in [0.25, 0.3) is 0 Å². The molecule has 3 nitrogen and oxygen atoms in total. The van der Waals surface area contributed by atoms with Crippen LogP contribution in [0.25, 0.3) is 0 Å². The van der Waals surface area contributed by atoms with E-state index in [4.69, 9.17) is 10.2 Å². The number of ether oxygens (including phenoxy) is 1. The summed E-state index contributed by atoms with van der Waals surface area (Å²) in [7, 11) is 0. The van der Waals surface area contributed by atoms with Gasteiger partial charge in [-0.3, -0.25) is 0 Å². The Hall–Kier alpha value is -1.95. The van der Waals surface area contributed by atoms with Crippen LogP contribution in [0, 0.1) is 20.8 Å². The van der Waals surface area contributed by atoms with Crippen LogP contribution in [0.1, 0.15) is 34.3 Å². The Labute approximate surface area is 120 Å². The third kappa shape index (κ3) is 3.21. The van der Waals surface area contributed by atoms with Crippen LogP contribution in [0.5, 0.6) is 5.75 Å². The van der Waals surface area contributed by atoms with E-state index in [9.17, 15) is 13.2 Å². The van der Waals surface area contributed by atoms with E-state index in [1.165, 1.54) is 18.2 Å². The van der Waals surface area contributed by atoms with Crippen molar-refractivity contribution in [2.75, 3.05) is 0 Å². The van der Waals surface area contributed by atoms with Crippen LogP contribution in [0.3, 0.4) is 0 Å². The van der Waals surface area contributed by atoms with Gasteiger partial charge in [-0.2, -0.15) is 0 Å². The second-order valence-electron chi connectivity index (χ2n) is 4.82. The molecule has 2 N–H and O–H groups in total. The third-order valence-electron chi connectivity index (χ3n) is 3.41. The molecule has 2 aromatic rings. The number of nitrogens with two attached hydrogens (primary N) is 1. The van der Waals surface area contributed by atoms with Crippen LogP contribution in [-0.2, 0) is 0 Å². The third-order valence-corrected chi connectivity index (χ3v) is 3.41. The predicted molar refractivity (Wildman–Crippen MR) is 72.1 cm³/mol. The lowest BCUT2D eigenvalue weighted by atomic mass is 9.95. The lowest BCUT2D eigenvalue weighted by Crippen LogP contribution is -2.21. The van der Waals surface area contributed by atoms with Gasteiger partial charge in [0.1, 0.15) is 17.3 Å². The quantitative estimate of drug-likeness (QED) is 0.926. The van der Waals surface area contributed by atoms with Crippen LogP contribution in [0.15, 0.2) is 28.7 Å². The Morgan fingerprint density at radius 1 is 1.10 bits per heavy atom. The van der Waals surface area contributed by atoms with Crippen LogP contribution in [0.4, 0.5) is 13.2 Å². The standard InChI is InChI=1S/C15H16F3NO2/c1-8-9(2)20-10(3)13(8)14(19)11-6-4-5-7-12(11)21-15(16,17)18/h4-7,14H,19H2,1-3H3. The number of furan rings is 1. The highest BCUT2D eigenvalue weighted by Crippen LogP contribution is 2.35. The molecule has 0 fully saturated rings. The van der Waals surface area contributed by atoms with Gasteiger partial charge in [0.05, 0.1) is 6.04 Å². The molecule has 1 aromatic heterocycles. The van der Waals surface area contributed by atoms with Crippen molar-refractivity contribution in [3.05, 3.63) is 52.5 Å². The van der Waals surface area contributed by atoms with E-state index in [1.54, 1.807) is 19.9 Å². The summed E-state index contributed by atoms with van der Waals surface area (Å²) in [5.74, 6) is 1.00. The molecule has 114 valence electrons. The topological polar surface area (TPSA) is 48.4 Å². The first kappa shape index (κ1) is 15.4. The summed E-state index contributed by atoms with van der Waals surface area (Å²) in [6, 6.07) is 5.11. The lowest BCUT2D eigenvalue weighted by Gasteiger charge is -2.18. The monoisotopic (exact) mass is 299 g/mol. The minimum Gasteiger partial charge on any atom is -0.466 e. The first-order chi connectivity index (χ1) is 9.70. The van der Waals surface area contributed by atoms with Gasteiger partial charge in [0.2, 0.25) is 0 Å². The van der Waals surface area contributed by atoms with Crippen molar-refractivity contribution >= 4 is 0 Å². The predicted octanol–water partition coefficient (Wildman–Crippen LogP) is 4.15. The van der Waals surface area contributed by atoms with Gasteiger partial charge in [0, 0.05) is 11.1 Å². The zero-order chi connectivity index (χ0) is 15.8. The number of hydrogen-bond donors (Lipinski definition) is 1. The van der Waals surface area contributed by atoms with Crippen molar-refractivity contribution in [3.8, 4) is 5.75 Å². The molecule has 1 unspecified atom stereocenters. The summed E-state index contributed by atoms with van der Waals surface area (Å²) in [6.45, 7) is 5.35. The van der Waals surface area contributed by atoms with Gasteiger partial charge in [-0.15, -0.1) is 13.2 Å². The average Bonchev–Trinajstić information content (AvgIpc) is 2.61. The molecular formula is C15H16F3NO2. The molecule has 0 saturated heterocycles. The molecule has 1 heterocycles. The van der Waals surface area contributed by atoms with Crippen LogP contribution >= 0.6 is 0 Å². The van der Waals surface area contributed by atoms with Gasteiger partial charge in [0.15, 0.2) is 0 Å². The summed E-state index contributed by atoms with van der Waals surface area (Å²) in [4.78, 5) is 0. The highest BCUT2D eigenvalue weighted by atomic mass is 19.4. The molecule has 2 rings (SSSR count). The number of alkyl halides is 3. The minimum atomic E-state index is -4.76. The van der Waals surface area contributed by atoms with Crippen molar-refractivity contribution in [2.24, 2.45) is 5.73 Å². The SMILES string of the molecule is Cc1oc(C)c(C(N)c2ccccc2OC(F)(F)F)c1C. The molecule has 0 bridgehead atoms. The summed E-state index contributed by atoms with van der Waals surface area (Å²) < 4.78 is 46.9. The molecule has 0 spiro atoms. The van der Waals surface area contributed by atoms with Crippen LogP contribution in [-0.4, -0.2) is 6.36 Å². The second-order valence-corrected chi connectivity index (χ2v) is 4.82. The molecular weight excluding hydrogens is 283 g/mol. The maximum absolute atomic E-state index is 12.5. The number of aryl methyl sites for hydroxylation is 2. The van der Waals surface area contributed by atoms with Gasteiger partial charge < -0.3 is 14.9 Å². The van der Waals surface area contributed by atoms with Crippen molar-refractivity contribution in [1.29, 1.82) is 0 Å². The molecule has 21 heavy (non-hydrogen) atoms. The van der Waals surface area contributed by atoms with Crippen molar-refractivity contribution in [3.63, 3.8) is 0 Å². The van der Waals surface area contributed by atoms with Gasteiger partial charge in [-0.05, 0) is 32.4 Å². The van der Waals surface area contributed by atoms with Crippen LogP contribution < -0.4 is 10.5 Å².